The zero-order chi connectivity index (χ0) is 14.1. The van der Waals surface area contributed by atoms with E-state index < -0.39 is 5.97 Å². The van der Waals surface area contributed by atoms with Gasteiger partial charge in [0.1, 0.15) is 0 Å². The Bertz CT molecular complexity index is 628. The molecule has 1 aromatic heterocycles. The Hall–Kier alpha value is -1.81. The van der Waals surface area contributed by atoms with Gasteiger partial charge in [-0.15, -0.1) is 0 Å². The maximum Gasteiger partial charge on any atom is 0.304 e. The van der Waals surface area contributed by atoms with Crippen LogP contribution in [0, 0.1) is 0 Å². The highest BCUT2D eigenvalue weighted by Gasteiger charge is 2.29. The monoisotopic (exact) mass is 272 g/mol. The highest BCUT2D eigenvalue weighted by Crippen LogP contribution is 2.30. The Balaban J connectivity index is 1.81. The average molecular weight is 272 g/mol. The fraction of sp³-hybridized carbons (Fsp3) is 0.438. The third-order valence-electron chi connectivity index (χ3n) is 4.03. The summed E-state index contributed by atoms with van der Waals surface area (Å²) in [6.07, 6.45) is 4.79. The summed E-state index contributed by atoms with van der Waals surface area (Å²) in [4.78, 5) is 13.1. The van der Waals surface area contributed by atoms with Crippen LogP contribution in [0.2, 0.25) is 0 Å². The van der Waals surface area contributed by atoms with E-state index in [1.54, 1.807) is 0 Å². The summed E-state index contributed by atoms with van der Waals surface area (Å²) in [5, 5.41) is 10.1. The molecule has 0 spiro atoms. The predicted octanol–water partition coefficient (Wildman–Crippen LogP) is 2.62. The number of rotatable bonds is 6. The molecule has 0 amide bonds. The van der Waals surface area contributed by atoms with Crippen molar-refractivity contribution in [2.75, 3.05) is 6.54 Å². The summed E-state index contributed by atoms with van der Waals surface area (Å²) in [6.45, 7) is 1.49. The van der Waals surface area contributed by atoms with Crippen LogP contribution in [0.3, 0.4) is 0 Å². The molecule has 1 fully saturated rings. The van der Waals surface area contributed by atoms with Crippen molar-refractivity contribution >= 4 is 16.9 Å². The van der Waals surface area contributed by atoms with Gasteiger partial charge in [-0.2, -0.15) is 0 Å². The third kappa shape index (κ3) is 2.70. The quantitative estimate of drug-likeness (QED) is 0.879. The molecule has 3 rings (SSSR count). The smallest absolute Gasteiger partial charge is 0.304 e. The molecule has 0 radical (unpaired) electrons. The first-order valence-electron chi connectivity index (χ1n) is 7.14. The number of aromatic nitrogens is 1. The molecule has 0 unspecified atom stereocenters. The number of benzene rings is 1. The van der Waals surface area contributed by atoms with E-state index in [9.17, 15) is 4.79 Å². The molecule has 106 valence electrons. The number of carbonyl (C=O) groups is 1. The number of hydrogen-bond acceptors (Lipinski definition) is 2. The Morgan fingerprint density at radius 1 is 1.40 bits per heavy atom. The lowest BCUT2D eigenvalue weighted by Gasteiger charge is -2.20. The van der Waals surface area contributed by atoms with Gasteiger partial charge >= 0.3 is 5.97 Å². The summed E-state index contributed by atoms with van der Waals surface area (Å²) in [5.41, 5.74) is 2.52. The molecule has 4 heteroatoms. The number of nitrogens with zero attached hydrogens (tertiary/aromatic N) is 2. The molecule has 4 nitrogen and oxygen atoms in total. The van der Waals surface area contributed by atoms with Crippen molar-refractivity contribution in [3.8, 4) is 0 Å². The lowest BCUT2D eigenvalue weighted by molar-refractivity contribution is -0.137. The molecule has 1 aliphatic carbocycles. The number of carboxylic acids is 1. The molecule has 1 saturated carbocycles. The highest BCUT2D eigenvalue weighted by molar-refractivity contribution is 5.83. The van der Waals surface area contributed by atoms with Crippen molar-refractivity contribution in [1.29, 1.82) is 0 Å². The molecule has 20 heavy (non-hydrogen) atoms. The molecular formula is C16H20N2O2. The van der Waals surface area contributed by atoms with E-state index in [1.165, 1.54) is 29.3 Å². The molecular weight excluding hydrogens is 252 g/mol. The molecule has 1 N–H and O–H groups in total. The van der Waals surface area contributed by atoms with Crippen LogP contribution >= 0.6 is 0 Å². The van der Waals surface area contributed by atoms with Crippen molar-refractivity contribution in [1.82, 2.24) is 9.47 Å². The summed E-state index contributed by atoms with van der Waals surface area (Å²) in [7, 11) is 2.06. The van der Waals surface area contributed by atoms with E-state index in [0.717, 1.165) is 6.54 Å². The molecule has 1 aromatic carbocycles. The Labute approximate surface area is 118 Å². The van der Waals surface area contributed by atoms with Crippen LogP contribution in [0.25, 0.3) is 10.9 Å². The second-order valence-corrected chi connectivity index (χ2v) is 5.63. The van der Waals surface area contributed by atoms with Crippen molar-refractivity contribution in [2.45, 2.75) is 31.8 Å². The molecule has 0 atom stereocenters. The van der Waals surface area contributed by atoms with Gasteiger partial charge < -0.3 is 9.67 Å². The molecule has 2 aromatic rings. The van der Waals surface area contributed by atoms with Crippen molar-refractivity contribution < 1.29 is 9.90 Å². The second kappa shape index (κ2) is 5.29. The minimum absolute atomic E-state index is 0.223. The van der Waals surface area contributed by atoms with E-state index in [1.807, 2.05) is 0 Å². The van der Waals surface area contributed by atoms with E-state index in [4.69, 9.17) is 5.11 Å². The van der Waals surface area contributed by atoms with Crippen molar-refractivity contribution in [3.05, 3.63) is 36.0 Å². The number of para-hydroxylation sites is 1. The summed E-state index contributed by atoms with van der Waals surface area (Å²) in [6, 6.07) is 8.96. The number of aryl methyl sites for hydroxylation is 1. The van der Waals surface area contributed by atoms with Crippen LogP contribution in [-0.4, -0.2) is 33.1 Å². The minimum Gasteiger partial charge on any atom is -0.481 e. The molecule has 0 saturated heterocycles. The number of aliphatic carboxylic acids is 1. The summed E-state index contributed by atoms with van der Waals surface area (Å²) < 4.78 is 2.15. The topological polar surface area (TPSA) is 45.5 Å². The summed E-state index contributed by atoms with van der Waals surface area (Å²) in [5.74, 6) is -0.714. The molecule has 0 bridgehead atoms. The zero-order valence-corrected chi connectivity index (χ0v) is 11.7. The van der Waals surface area contributed by atoms with Gasteiger partial charge in [0.25, 0.3) is 0 Å². The first-order valence-corrected chi connectivity index (χ1v) is 7.14. The largest absolute Gasteiger partial charge is 0.481 e. The van der Waals surface area contributed by atoms with Gasteiger partial charge in [0.05, 0.1) is 6.42 Å². The Morgan fingerprint density at radius 3 is 2.85 bits per heavy atom. The first-order chi connectivity index (χ1) is 9.65. The van der Waals surface area contributed by atoms with Gasteiger partial charge in [-0.3, -0.25) is 9.69 Å². The van der Waals surface area contributed by atoms with Crippen molar-refractivity contribution in [3.63, 3.8) is 0 Å². The van der Waals surface area contributed by atoms with Crippen LogP contribution in [0.15, 0.2) is 30.5 Å². The van der Waals surface area contributed by atoms with Gasteiger partial charge in [0.2, 0.25) is 0 Å². The van der Waals surface area contributed by atoms with E-state index in [0.29, 0.717) is 12.6 Å². The maximum absolute atomic E-state index is 10.8. The Kier molecular flexibility index (Phi) is 3.49. The van der Waals surface area contributed by atoms with Gasteiger partial charge in [-0.1, -0.05) is 18.2 Å². The minimum atomic E-state index is -0.714. The van der Waals surface area contributed by atoms with E-state index >= 15 is 0 Å². The van der Waals surface area contributed by atoms with Crippen LogP contribution in [-0.2, 0) is 18.4 Å². The van der Waals surface area contributed by atoms with Gasteiger partial charge in [-0.25, -0.2) is 0 Å². The zero-order valence-electron chi connectivity index (χ0n) is 11.7. The van der Waals surface area contributed by atoms with Gasteiger partial charge in [0.15, 0.2) is 0 Å². The van der Waals surface area contributed by atoms with E-state index in [-0.39, 0.29) is 6.42 Å². The van der Waals surface area contributed by atoms with Gasteiger partial charge in [0, 0.05) is 43.3 Å². The van der Waals surface area contributed by atoms with Crippen LogP contribution < -0.4 is 0 Å². The Morgan fingerprint density at radius 2 is 2.15 bits per heavy atom. The van der Waals surface area contributed by atoms with E-state index in [2.05, 4.69) is 47.0 Å². The van der Waals surface area contributed by atoms with Gasteiger partial charge in [-0.05, 0) is 24.5 Å². The van der Waals surface area contributed by atoms with Crippen LogP contribution in [0.4, 0.5) is 0 Å². The molecule has 0 aliphatic heterocycles. The van der Waals surface area contributed by atoms with Crippen LogP contribution in [0.1, 0.15) is 24.8 Å². The lowest BCUT2D eigenvalue weighted by atomic mass is 10.1. The molecule has 1 heterocycles. The number of fused-ring (bicyclic) bond motifs is 1. The fourth-order valence-electron chi connectivity index (χ4n) is 2.84. The average Bonchev–Trinajstić information content (AvgIpc) is 3.22. The standard InChI is InChI=1S/C16H20N2O2/c1-17-10-12(14-4-2-3-5-15(14)17)11-18(13-6-7-13)9-8-16(19)20/h2-5,10,13H,6-9,11H2,1H3,(H,19,20). The second-order valence-electron chi connectivity index (χ2n) is 5.63. The normalized spacial score (nSPS) is 15.1. The third-order valence-corrected chi connectivity index (χ3v) is 4.03. The summed E-state index contributed by atoms with van der Waals surface area (Å²) >= 11 is 0. The van der Waals surface area contributed by atoms with Crippen LogP contribution in [0.5, 0.6) is 0 Å². The highest BCUT2D eigenvalue weighted by atomic mass is 16.4. The number of hydrogen-bond donors (Lipinski definition) is 1. The lowest BCUT2D eigenvalue weighted by Crippen LogP contribution is -2.28. The maximum atomic E-state index is 10.8. The fourth-order valence-corrected chi connectivity index (χ4v) is 2.84. The first kappa shape index (κ1) is 13.2. The SMILES string of the molecule is Cn1cc(CN(CCC(=O)O)C2CC2)c2ccccc21. The van der Waals surface area contributed by atoms with Crippen molar-refractivity contribution in [2.24, 2.45) is 7.05 Å². The predicted molar refractivity (Wildman–Crippen MR) is 78.6 cm³/mol. The molecule has 1 aliphatic rings. The number of carboxylic acid groups (broad SMARTS) is 1.